The summed E-state index contributed by atoms with van der Waals surface area (Å²) in [6.07, 6.45) is 12.0. The van der Waals surface area contributed by atoms with Crippen LogP contribution in [0.2, 0.25) is 0 Å². The fourth-order valence-electron chi connectivity index (χ4n) is 12.7. The number of hydrogen-bond acceptors (Lipinski definition) is 5. The zero-order valence-electron chi connectivity index (χ0n) is 27.0. The van der Waals surface area contributed by atoms with E-state index in [4.69, 9.17) is 0 Å². The van der Waals surface area contributed by atoms with Crippen LogP contribution in [0.3, 0.4) is 0 Å². The van der Waals surface area contributed by atoms with E-state index in [1.807, 2.05) is 0 Å². The van der Waals surface area contributed by atoms with Crippen molar-refractivity contribution in [3.63, 3.8) is 0 Å². The maximum atomic E-state index is 13.1. The van der Waals surface area contributed by atoms with E-state index in [0.717, 1.165) is 25.9 Å². The molecule has 6 heteroatoms. The van der Waals surface area contributed by atoms with Crippen molar-refractivity contribution in [2.45, 2.75) is 111 Å². The molecule has 0 amide bonds. The Morgan fingerprint density at radius 3 is 2.29 bits per heavy atom. The molecule has 1 aliphatic heterocycles. The summed E-state index contributed by atoms with van der Waals surface area (Å²) < 4.78 is 23.9. The van der Waals surface area contributed by atoms with Gasteiger partial charge in [0, 0.05) is 43.6 Å². The third-order valence-electron chi connectivity index (χ3n) is 15.2. The van der Waals surface area contributed by atoms with Gasteiger partial charge in [0.15, 0.2) is 9.84 Å². The van der Waals surface area contributed by atoms with Gasteiger partial charge in [0.25, 0.3) is 0 Å². The van der Waals surface area contributed by atoms with Crippen LogP contribution in [-0.2, 0) is 14.6 Å². The van der Waals surface area contributed by atoms with E-state index in [9.17, 15) is 13.2 Å². The van der Waals surface area contributed by atoms with Crippen molar-refractivity contribution in [3.05, 3.63) is 12.2 Å². The molecule has 0 spiro atoms. The number of nitrogens with one attached hydrogen (secondary N) is 1. The molecule has 6 rings (SSSR count). The Bertz CT molecular complexity index is 1180. The van der Waals surface area contributed by atoms with Gasteiger partial charge in [-0.25, -0.2) is 8.42 Å². The molecule has 0 unspecified atom stereocenters. The van der Waals surface area contributed by atoms with E-state index in [0.29, 0.717) is 70.8 Å². The van der Waals surface area contributed by atoms with Crippen LogP contribution in [-0.4, -0.2) is 62.3 Å². The van der Waals surface area contributed by atoms with Crippen LogP contribution in [0.25, 0.3) is 0 Å². The van der Waals surface area contributed by atoms with Gasteiger partial charge in [-0.2, -0.15) is 0 Å². The number of fused-ring (bicyclic) bond motifs is 7. The summed E-state index contributed by atoms with van der Waals surface area (Å²) in [7, 11) is -2.84. The van der Waals surface area contributed by atoms with E-state index in [-0.39, 0.29) is 16.4 Å². The Labute approximate surface area is 251 Å². The predicted molar refractivity (Wildman–Crippen MR) is 167 cm³/mol. The number of carbonyl (C=O) groups is 1. The first kappa shape index (κ1) is 30.3. The smallest absolute Gasteiger partial charge is 0.152 e. The third-order valence-corrected chi connectivity index (χ3v) is 16.8. The Morgan fingerprint density at radius 1 is 0.902 bits per heavy atom. The molecule has 1 heterocycles. The average molecular weight is 587 g/mol. The van der Waals surface area contributed by atoms with E-state index >= 15 is 0 Å². The summed E-state index contributed by atoms with van der Waals surface area (Å²) in [5.74, 6) is 4.25. The molecule has 0 bridgehead atoms. The van der Waals surface area contributed by atoms with Crippen molar-refractivity contribution in [2.24, 2.45) is 51.2 Å². The molecule has 9 atom stereocenters. The lowest BCUT2D eigenvalue weighted by atomic mass is 9.32. The number of nitrogens with zero attached hydrogens (tertiary/aromatic N) is 1. The Morgan fingerprint density at radius 2 is 1.61 bits per heavy atom. The van der Waals surface area contributed by atoms with Gasteiger partial charge in [-0.15, -0.1) is 0 Å². The molecule has 1 N–H and O–H groups in total. The number of ketones is 1. The standard InChI is InChI=1S/C35H58N2O3S/c1-24(2)25-10-15-35(36-18-19-37-20-22-41(39,40)23-21-37)17-16-33(6)26(30(25)35)8-9-28-32(5)13-12-29(38)31(3,4)27(32)11-14-34(28,33)7/h25-28,30,36H,1,8-23H2,2-7H3/t25-,26+,27-,28+,30+,32-,33+,34+,35-/m0/s1. The van der Waals surface area contributed by atoms with Crippen LogP contribution in [0, 0.1) is 51.2 Å². The maximum Gasteiger partial charge on any atom is 0.152 e. The molecule has 41 heavy (non-hydrogen) atoms. The molecule has 232 valence electrons. The quantitative estimate of drug-likeness (QED) is 0.384. The number of hydrogen-bond donors (Lipinski definition) is 1. The second-order valence-corrected chi connectivity index (χ2v) is 19.2. The summed E-state index contributed by atoms with van der Waals surface area (Å²) in [6.45, 7) is 22.6. The molecule has 0 radical (unpaired) electrons. The lowest BCUT2D eigenvalue weighted by molar-refractivity contribution is -0.228. The van der Waals surface area contributed by atoms with Crippen molar-refractivity contribution < 1.29 is 13.2 Å². The van der Waals surface area contributed by atoms with Gasteiger partial charge >= 0.3 is 0 Å². The number of allylic oxidation sites excluding steroid dienone is 1. The van der Waals surface area contributed by atoms with Crippen LogP contribution < -0.4 is 5.32 Å². The van der Waals surface area contributed by atoms with Gasteiger partial charge in [0.2, 0.25) is 0 Å². The normalized spacial score (nSPS) is 48.9. The fourth-order valence-corrected chi connectivity index (χ4v) is 14.0. The van der Waals surface area contributed by atoms with Gasteiger partial charge in [-0.05, 0) is 111 Å². The van der Waals surface area contributed by atoms with Crippen LogP contribution in [0.5, 0.6) is 0 Å². The van der Waals surface area contributed by atoms with Crippen LogP contribution in [0.15, 0.2) is 12.2 Å². The molecule has 0 aromatic heterocycles. The molecule has 5 saturated carbocycles. The second-order valence-electron chi connectivity index (χ2n) is 16.9. The first-order valence-corrected chi connectivity index (χ1v) is 18.8. The molecule has 6 aliphatic rings. The summed E-state index contributed by atoms with van der Waals surface area (Å²) in [4.78, 5) is 15.4. The monoisotopic (exact) mass is 586 g/mol. The highest BCUT2D eigenvalue weighted by Crippen LogP contribution is 2.76. The fraction of sp³-hybridized carbons (Fsp3) is 0.914. The summed E-state index contributed by atoms with van der Waals surface area (Å²) in [5, 5.41) is 4.18. The number of carbonyl (C=O) groups excluding carboxylic acids is 1. The van der Waals surface area contributed by atoms with Crippen molar-refractivity contribution in [3.8, 4) is 0 Å². The lowest BCUT2D eigenvalue weighted by Crippen LogP contribution is -2.68. The number of Topliss-reactive ketones (excluding diaryl/α,β-unsaturated/α-hetero) is 1. The molecule has 5 nitrogen and oxygen atoms in total. The van der Waals surface area contributed by atoms with Crippen LogP contribution >= 0.6 is 0 Å². The van der Waals surface area contributed by atoms with E-state index in [1.165, 1.54) is 56.9 Å². The zero-order chi connectivity index (χ0) is 29.6. The lowest BCUT2D eigenvalue weighted by Gasteiger charge is -2.72. The summed E-state index contributed by atoms with van der Waals surface area (Å²) >= 11 is 0. The zero-order valence-corrected chi connectivity index (χ0v) is 27.8. The molecule has 5 aliphatic carbocycles. The van der Waals surface area contributed by atoms with Crippen LogP contribution in [0.4, 0.5) is 0 Å². The predicted octanol–water partition coefficient (Wildman–Crippen LogP) is 6.29. The molecule has 6 fully saturated rings. The van der Waals surface area contributed by atoms with Gasteiger partial charge in [0.1, 0.15) is 5.78 Å². The highest BCUT2D eigenvalue weighted by Gasteiger charge is 2.70. The Kier molecular flexibility index (Phi) is 7.31. The molecular formula is C35H58N2O3S. The Balaban J connectivity index is 1.26. The second kappa shape index (κ2) is 9.89. The van der Waals surface area contributed by atoms with E-state index < -0.39 is 9.84 Å². The highest BCUT2D eigenvalue weighted by atomic mass is 32.2. The van der Waals surface area contributed by atoms with Crippen molar-refractivity contribution >= 4 is 15.6 Å². The van der Waals surface area contributed by atoms with Gasteiger partial charge in [-0.1, -0.05) is 46.8 Å². The average Bonchev–Trinajstić information content (AvgIpc) is 3.28. The minimum Gasteiger partial charge on any atom is -0.310 e. The van der Waals surface area contributed by atoms with E-state index in [2.05, 4.69) is 58.3 Å². The minimum atomic E-state index is -2.84. The largest absolute Gasteiger partial charge is 0.310 e. The highest BCUT2D eigenvalue weighted by molar-refractivity contribution is 7.91. The first-order valence-electron chi connectivity index (χ1n) is 17.0. The van der Waals surface area contributed by atoms with Gasteiger partial charge < -0.3 is 10.2 Å². The van der Waals surface area contributed by atoms with Crippen LogP contribution in [0.1, 0.15) is 106 Å². The van der Waals surface area contributed by atoms with Crippen molar-refractivity contribution in [1.82, 2.24) is 10.2 Å². The first-order chi connectivity index (χ1) is 19.1. The maximum absolute atomic E-state index is 13.1. The molecule has 0 aromatic carbocycles. The third kappa shape index (κ3) is 4.41. The van der Waals surface area contributed by atoms with E-state index in [1.54, 1.807) is 0 Å². The topological polar surface area (TPSA) is 66.5 Å². The minimum absolute atomic E-state index is 0.180. The summed E-state index contributed by atoms with van der Waals surface area (Å²) in [6, 6.07) is 0. The number of sulfone groups is 1. The molecule has 0 aromatic rings. The molecular weight excluding hydrogens is 528 g/mol. The molecule has 1 saturated heterocycles. The summed E-state index contributed by atoms with van der Waals surface area (Å²) in [5.41, 5.74) is 2.25. The van der Waals surface area contributed by atoms with Crippen molar-refractivity contribution in [2.75, 3.05) is 37.7 Å². The Hall–Kier alpha value is -0.720. The van der Waals surface area contributed by atoms with Crippen molar-refractivity contribution in [1.29, 1.82) is 0 Å². The SMILES string of the molecule is C=C(C)[C@@H]1CC[C@]2(NCCN3CCS(=O)(=O)CC3)CC[C@]3(C)[C@H](CC[C@@H]4[C@@]5(C)CCC(=O)C(C)(C)[C@@H]5CC[C@]43C)[C@@H]12. The van der Waals surface area contributed by atoms with Gasteiger partial charge in [-0.3, -0.25) is 4.79 Å². The number of rotatable bonds is 5. The van der Waals surface area contributed by atoms with Gasteiger partial charge in [0.05, 0.1) is 11.5 Å².